The van der Waals surface area contributed by atoms with Crippen LogP contribution < -0.4 is 4.74 Å². The van der Waals surface area contributed by atoms with Crippen molar-refractivity contribution >= 4 is 11.6 Å². The van der Waals surface area contributed by atoms with Gasteiger partial charge in [-0.25, -0.2) is 0 Å². The second-order valence-electron chi connectivity index (χ2n) is 7.02. The summed E-state index contributed by atoms with van der Waals surface area (Å²) in [5, 5.41) is 20.1. The fraction of sp³-hybridized carbons (Fsp3) is 0.409. The van der Waals surface area contributed by atoms with Gasteiger partial charge >= 0.3 is 0 Å². The van der Waals surface area contributed by atoms with Crippen molar-refractivity contribution in [2.24, 2.45) is 0 Å². The van der Waals surface area contributed by atoms with Crippen LogP contribution in [0.2, 0.25) is 5.02 Å². The van der Waals surface area contributed by atoms with E-state index in [4.69, 9.17) is 16.3 Å². The SMILES string of the molecule is N#Cc1c(Cl)cccc1OC[C@H](O)CN1CCCCC1Cc1ccccc1. The highest BCUT2D eigenvalue weighted by atomic mass is 35.5. The number of rotatable bonds is 7. The number of aliphatic hydroxyl groups is 1. The van der Waals surface area contributed by atoms with Crippen LogP contribution in [-0.2, 0) is 6.42 Å². The Balaban J connectivity index is 1.56. The summed E-state index contributed by atoms with van der Waals surface area (Å²) in [6.07, 6.45) is 3.92. The molecule has 0 bridgehead atoms. The molecule has 1 unspecified atom stereocenters. The largest absolute Gasteiger partial charge is 0.489 e. The maximum atomic E-state index is 10.5. The maximum Gasteiger partial charge on any atom is 0.138 e. The van der Waals surface area contributed by atoms with Crippen molar-refractivity contribution in [2.45, 2.75) is 37.8 Å². The van der Waals surface area contributed by atoms with E-state index in [0.717, 1.165) is 25.8 Å². The molecule has 27 heavy (non-hydrogen) atoms. The van der Waals surface area contributed by atoms with Crippen LogP contribution >= 0.6 is 11.6 Å². The lowest BCUT2D eigenvalue weighted by atomic mass is 9.95. The third-order valence-corrected chi connectivity index (χ3v) is 5.34. The molecule has 1 aliphatic heterocycles. The van der Waals surface area contributed by atoms with Crippen molar-refractivity contribution in [3.05, 3.63) is 64.7 Å². The molecule has 1 saturated heterocycles. The average molecular weight is 385 g/mol. The third kappa shape index (κ3) is 5.46. The summed E-state index contributed by atoms with van der Waals surface area (Å²) in [6, 6.07) is 18.1. The zero-order valence-corrected chi connectivity index (χ0v) is 16.1. The second kappa shape index (κ2) is 9.75. The molecular weight excluding hydrogens is 360 g/mol. The lowest BCUT2D eigenvalue weighted by Gasteiger charge is -2.37. The summed E-state index contributed by atoms with van der Waals surface area (Å²) >= 11 is 6.02. The van der Waals surface area contributed by atoms with Gasteiger partial charge in [0.05, 0.1) is 5.02 Å². The molecule has 0 amide bonds. The molecule has 1 aliphatic rings. The highest BCUT2D eigenvalue weighted by Crippen LogP contribution is 2.26. The van der Waals surface area contributed by atoms with E-state index in [2.05, 4.69) is 35.2 Å². The number of hydrogen-bond donors (Lipinski definition) is 1. The van der Waals surface area contributed by atoms with E-state index in [1.807, 2.05) is 6.07 Å². The highest BCUT2D eigenvalue weighted by molar-refractivity contribution is 6.31. The number of aliphatic hydroxyl groups excluding tert-OH is 1. The van der Waals surface area contributed by atoms with Gasteiger partial charge in [0.2, 0.25) is 0 Å². The normalized spacial score (nSPS) is 18.6. The summed E-state index contributed by atoms with van der Waals surface area (Å²) in [4.78, 5) is 2.37. The number of likely N-dealkylation sites (tertiary alicyclic amines) is 1. The third-order valence-electron chi connectivity index (χ3n) is 5.03. The molecule has 3 rings (SSSR count). The zero-order chi connectivity index (χ0) is 19.1. The van der Waals surface area contributed by atoms with Crippen molar-refractivity contribution < 1.29 is 9.84 Å². The van der Waals surface area contributed by atoms with Gasteiger partial charge < -0.3 is 9.84 Å². The molecule has 1 fully saturated rings. The first-order valence-corrected chi connectivity index (χ1v) is 9.82. The first kappa shape index (κ1) is 19.7. The molecule has 0 aromatic heterocycles. The smallest absolute Gasteiger partial charge is 0.138 e. The Hall–Kier alpha value is -2.06. The average Bonchev–Trinajstić information content (AvgIpc) is 2.69. The van der Waals surface area contributed by atoms with Crippen LogP contribution in [0.1, 0.15) is 30.4 Å². The number of hydrogen-bond acceptors (Lipinski definition) is 4. The highest BCUT2D eigenvalue weighted by Gasteiger charge is 2.25. The molecule has 0 radical (unpaired) electrons. The molecule has 0 saturated carbocycles. The molecular formula is C22H25ClN2O2. The summed E-state index contributed by atoms with van der Waals surface area (Å²) < 4.78 is 5.68. The van der Waals surface area contributed by atoms with Gasteiger partial charge in [-0.3, -0.25) is 4.90 Å². The van der Waals surface area contributed by atoms with Crippen LogP contribution in [0.25, 0.3) is 0 Å². The Morgan fingerprint density at radius 3 is 2.78 bits per heavy atom. The van der Waals surface area contributed by atoms with Crippen LogP contribution in [0.4, 0.5) is 0 Å². The van der Waals surface area contributed by atoms with Crippen molar-refractivity contribution in [1.82, 2.24) is 4.90 Å². The molecule has 5 heteroatoms. The van der Waals surface area contributed by atoms with Crippen molar-refractivity contribution in [3.63, 3.8) is 0 Å². The molecule has 0 aliphatic carbocycles. The van der Waals surface area contributed by atoms with Gasteiger partial charge in [0.25, 0.3) is 0 Å². The minimum atomic E-state index is -0.619. The Morgan fingerprint density at radius 1 is 1.19 bits per heavy atom. The summed E-state index contributed by atoms with van der Waals surface area (Å²) in [5.74, 6) is 0.420. The number of nitrogens with zero attached hydrogens (tertiary/aromatic N) is 2. The molecule has 0 spiro atoms. The van der Waals surface area contributed by atoms with Gasteiger partial charge in [-0.15, -0.1) is 0 Å². The van der Waals surface area contributed by atoms with E-state index in [9.17, 15) is 10.4 Å². The Labute approximate surface area is 165 Å². The number of halogens is 1. The van der Waals surface area contributed by atoms with Gasteiger partial charge in [-0.05, 0) is 43.5 Å². The van der Waals surface area contributed by atoms with Crippen LogP contribution in [-0.4, -0.2) is 41.8 Å². The minimum Gasteiger partial charge on any atom is -0.489 e. The Bertz CT molecular complexity index is 776. The van der Waals surface area contributed by atoms with E-state index in [1.165, 1.54) is 12.0 Å². The number of β-amino-alcohol motifs (C(OH)–C–C–N with tert-alkyl or cyclic N) is 1. The number of benzene rings is 2. The van der Waals surface area contributed by atoms with E-state index in [1.54, 1.807) is 18.2 Å². The summed E-state index contributed by atoms with van der Waals surface area (Å²) in [5.41, 5.74) is 1.64. The molecule has 142 valence electrons. The lowest BCUT2D eigenvalue weighted by Crippen LogP contribution is -2.46. The standard InChI is InChI=1S/C22H25ClN2O2/c23-21-10-6-11-22(20(21)14-24)27-16-19(26)15-25-12-5-4-9-18(25)13-17-7-2-1-3-8-17/h1-3,6-8,10-11,18-19,26H,4-5,9,12-13,15-16H2/t18?,19-/m1/s1. The van der Waals surface area contributed by atoms with Gasteiger partial charge in [-0.1, -0.05) is 54.4 Å². The molecule has 1 N–H and O–H groups in total. The van der Waals surface area contributed by atoms with E-state index in [0.29, 0.717) is 28.9 Å². The molecule has 2 atom stereocenters. The van der Waals surface area contributed by atoms with Crippen LogP contribution in [0.3, 0.4) is 0 Å². The quantitative estimate of drug-likeness (QED) is 0.782. The van der Waals surface area contributed by atoms with E-state index in [-0.39, 0.29) is 6.61 Å². The predicted octanol–water partition coefficient (Wildman–Crippen LogP) is 4.05. The maximum absolute atomic E-state index is 10.5. The van der Waals surface area contributed by atoms with Gasteiger partial charge in [-0.2, -0.15) is 5.26 Å². The Kier molecular flexibility index (Phi) is 7.11. The van der Waals surface area contributed by atoms with Gasteiger partial charge in [0.15, 0.2) is 0 Å². The monoisotopic (exact) mass is 384 g/mol. The topological polar surface area (TPSA) is 56.5 Å². The summed E-state index contributed by atoms with van der Waals surface area (Å²) in [6.45, 7) is 1.71. The first-order valence-electron chi connectivity index (χ1n) is 9.45. The minimum absolute atomic E-state index is 0.142. The fourth-order valence-corrected chi connectivity index (χ4v) is 3.87. The number of piperidine rings is 1. The number of ether oxygens (including phenoxy) is 1. The second-order valence-corrected chi connectivity index (χ2v) is 7.43. The first-order chi connectivity index (χ1) is 13.2. The van der Waals surface area contributed by atoms with Crippen LogP contribution in [0.15, 0.2) is 48.5 Å². The van der Waals surface area contributed by atoms with Crippen LogP contribution in [0, 0.1) is 11.3 Å². The Morgan fingerprint density at radius 2 is 2.00 bits per heavy atom. The zero-order valence-electron chi connectivity index (χ0n) is 15.4. The van der Waals surface area contributed by atoms with Gasteiger partial charge in [0.1, 0.15) is 30.1 Å². The van der Waals surface area contributed by atoms with Gasteiger partial charge in [0, 0.05) is 12.6 Å². The summed E-state index contributed by atoms with van der Waals surface area (Å²) in [7, 11) is 0. The fourth-order valence-electron chi connectivity index (χ4n) is 3.66. The molecule has 4 nitrogen and oxygen atoms in total. The number of nitriles is 1. The molecule has 2 aromatic rings. The van der Waals surface area contributed by atoms with Crippen LogP contribution in [0.5, 0.6) is 5.75 Å². The van der Waals surface area contributed by atoms with Crippen molar-refractivity contribution in [2.75, 3.05) is 19.7 Å². The lowest BCUT2D eigenvalue weighted by molar-refractivity contribution is 0.0396. The predicted molar refractivity (Wildman–Crippen MR) is 107 cm³/mol. The van der Waals surface area contributed by atoms with E-state index >= 15 is 0 Å². The molecule has 2 aromatic carbocycles. The van der Waals surface area contributed by atoms with E-state index < -0.39 is 6.10 Å². The van der Waals surface area contributed by atoms with Crippen molar-refractivity contribution in [1.29, 1.82) is 5.26 Å². The van der Waals surface area contributed by atoms with Crippen molar-refractivity contribution in [3.8, 4) is 11.8 Å². The molecule has 1 heterocycles.